The van der Waals surface area contributed by atoms with Crippen LogP contribution in [0.15, 0.2) is 30.3 Å². The van der Waals surface area contributed by atoms with Crippen LogP contribution in [0.25, 0.3) is 0 Å². The van der Waals surface area contributed by atoms with E-state index in [4.69, 9.17) is 4.74 Å². The SMILES string of the molecule is COC(=O)[C@H](O[C@H]1OCCC[C@H]1C(F)(F)C(F)(F)C(F)(F)C(F)(F)C(F)(F)C(F)(F)C(F)(F)C(F)(F)F)c1ccccc1. The van der Waals surface area contributed by atoms with Crippen LogP contribution in [0.1, 0.15) is 24.5 Å². The summed E-state index contributed by atoms with van der Waals surface area (Å²) in [4.78, 5) is 12.1. The second kappa shape index (κ2) is 11.4. The van der Waals surface area contributed by atoms with E-state index in [2.05, 4.69) is 9.47 Å². The summed E-state index contributed by atoms with van der Waals surface area (Å²) in [7, 11) is 0.713. The first-order valence-corrected chi connectivity index (χ1v) is 11.3. The molecule has 1 aliphatic heterocycles. The molecule has 1 aliphatic rings. The molecular weight excluding hydrogens is 651 g/mol. The van der Waals surface area contributed by atoms with Crippen LogP contribution in [0.2, 0.25) is 0 Å². The lowest BCUT2D eigenvalue weighted by Gasteiger charge is -2.45. The van der Waals surface area contributed by atoms with Crippen molar-refractivity contribution in [3.63, 3.8) is 0 Å². The monoisotopic (exact) mass is 668 g/mol. The topological polar surface area (TPSA) is 44.8 Å². The van der Waals surface area contributed by atoms with Crippen LogP contribution < -0.4 is 0 Å². The largest absolute Gasteiger partial charge is 0.467 e. The van der Waals surface area contributed by atoms with Crippen molar-refractivity contribution < 1.29 is 93.6 Å². The van der Waals surface area contributed by atoms with Crippen molar-refractivity contribution in [2.45, 2.75) is 72.9 Å². The summed E-state index contributed by atoms with van der Waals surface area (Å²) in [5.74, 6) is -62.4. The van der Waals surface area contributed by atoms with E-state index in [0.29, 0.717) is 7.11 Å². The van der Waals surface area contributed by atoms with Crippen molar-refractivity contribution in [2.24, 2.45) is 5.92 Å². The maximum Gasteiger partial charge on any atom is 0.460 e. The van der Waals surface area contributed by atoms with Crippen LogP contribution in [0, 0.1) is 5.92 Å². The number of halogens is 17. The maximum atomic E-state index is 15.0. The Kier molecular flexibility index (Phi) is 9.71. The summed E-state index contributed by atoms with van der Waals surface area (Å²) >= 11 is 0. The number of alkyl halides is 17. The smallest absolute Gasteiger partial charge is 0.460 e. The average molecular weight is 668 g/mol. The van der Waals surface area contributed by atoms with Gasteiger partial charge in [-0.1, -0.05) is 30.3 Å². The second-order valence-corrected chi connectivity index (χ2v) is 9.00. The Labute approximate surface area is 229 Å². The highest BCUT2D eigenvalue weighted by atomic mass is 19.4. The van der Waals surface area contributed by atoms with E-state index in [0.717, 1.165) is 12.1 Å². The Morgan fingerprint density at radius 2 is 1.16 bits per heavy atom. The van der Waals surface area contributed by atoms with Crippen molar-refractivity contribution in [1.29, 1.82) is 0 Å². The molecule has 4 nitrogen and oxygen atoms in total. The van der Waals surface area contributed by atoms with Gasteiger partial charge in [-0.25, -0.2) is 4.79 Å². The van der Waals surface area contributed by atoms with Crippen molar-refractivity contribution in [3.05, 3.63) is 35.9 Å². The van der Waals surface area contributed by atoms with Gasteiger partial charge in [-0.05, 0) is 18.4 Å². The van der Waals surface area contributed by atoms with Gasteiger partial charge in [0.2, 0.25) is 0 Å². The van der Waals surface area contributed by atoms with E-state index in [1.807, 2.05) is 0 Å². The molecule has 0 bridgehead atoms. The van der Waals surface area contributed by atoms with Crippen LogP contribution in [0.5, 0.6) is 0 Å². The molecule has 0 aromatic heterocycles. The number of ether oxygens (including phenoxy) is 3. The summed E-state index contributed by atoms with van der Waals surface area (Å²) in [5, 5.41) is 0. The first-order chi connectivity index (χ1) is 19.2. The third kappa shape index (κ3) is 5.58. The first-order valence-electron chi connectivity index (χ1n) is 11.3. The molecule has 1 saturated heterocycles. The fourth-order valence-electron chi connectivity index (χ4n) is 3.79. The average Bonchev–Trinajstić information content (AvgIpc) is 2.90. The fourth-order valence-corrected chi connectivity index (χ4v) is 3.79. The normalized spacial score (nSPS) is 21.0. The fraction of sp³-hybridized carbons (Fsp3) is 0.682. The van der Waals surface area contributed by atoms with Gasteiger partial charge in [-0.3, -0.25) is 0 Å². The second-order valence-electron chi connectivity index (χ2n) is 9.00. The van der Waals surface area contributed by atoms with Gasteiger partial charge in [-0.2, -0.15) is 74.6 Å². The number of hydrogen-bond donors (Lipinski definition) is 0. The summed E-state index contributed by atoms with van der Waals surface area (Å²) in [6.07, 6.45) is -15.1. The molecule has 0 saturated carbocycles. The van der Waals surface area contributed by atoms with Gasteiger partial charge in [0.1, 0.15) is 0 Å². The van der Waals surface area contributed by atoms with E-state index in [1.165, 1.54) is 18.2 Å². The van der Waals surface area contributed by atoms with Crippen LogP contribution in [-0.2, 0) is 19.0 Å². The van der Waals surface area contributed by atoms with Crippen molar-refractivity contribution in [1.82, 2.24) is 0 Å². The highest BCUT2D eigenvalue weighted by Gasteiger charge is 2.95. The Balaban J connectivity index is 2.59. The van der Waals surface area contributed by atoms with Crippen molar-refractivity contribution in [3.8, 4) is 0 Å². The summed E-state index contributed by atoms with van der Waals surface area (Å²) in [6, 6.07) is 5.92. The van der Waals surface area contributed by atoms with Crippen LogP contribution in [-0.4, -0.2) is 73.6 Å². The molecule has 43 heavy (non-hydrogen) atoms. The molecule has 0 unspecified atom stereocenters. The molecule has 21 heteroatoms. The predicted octanol–water partition coefficient (Wildman–Crippen LogP) is 7.68. The van der Waals surface area contributed by atoms with Crippen LogP contribution in [0.3, 0.4) is 0 Å². The first kappa shape index (κ1) is 36.6. The lowest BCUT2D eigenvalue weighted by atomic mass is 9.82. The molecule has 1 aromatic rings. The van der Waals surface area contributed by atoms with E-state index in [-0.39, 0.29) is 5.56 Å². The maximum absolute atomic E-state index is 15.0. The van der Waals surface area contributed by atoms with Crippen LogP contribution in [0.4, 0.5) is 74.6 Å². The lowest BCUT2D eigenvalue weighted by Crippen LogP contribution is -2.75. The minimum absolute atomic E-state index is 0.262. The number of benzene rings is 1. The van der Waals surface area contributed by atoms with E-state index >= 15 is 8.78 Å². The van der Waals surface area contributed by atoms with Gasteiger partial charge >= 0.3 is 53.6 Å². The van der Waals surface area contributed by atoms with Crippen molar-refractivity contribution in [2.75, 3.05) is 13.7 Å². The van der Waals surface area contributed by atoms with Crippen molar-refractivity contribution >= 4 is 5.97 Å². The third-order valence-electron chi connectivity index (χ3n) is 6.27. The highest BCUT2D eigenvalue weighted by Crippen LogP contribution is 2.65. The number of carbonyl (C=O) groups is 1. The zero-order valence-electron chi connectivity index (χ0n) is 20.8. The number of rotatable bonds is 11. The molecule has 0 aliphatic carbocycles. The molecule has 0 spiro atoms. The van der Waals surface area contributed by atoms with E-state index in [9.17, 15) is 70.7 Å². The Morgan fingerprint density at radius 1 is 0.721 bits per heavy atom. The zero-order valence-corrected chi connectivity index (χ0v) is 20.8. The standard InChI is InChI=1S/C22H17F17O4/c1-41-13(40)12(10-6-3-2-4-7-10)43-14-11(8-5-9-42-14)15(23,24)16(25,26)17(27,28)18(29,30)19(31,32)20(33,34)21(35,36)22(37,38)39/h2-4,6-7,11-12,14H,5,8-9H2,1H3/t11-,12-,14-/m1/s1. The molecule has 0 amide bonds. The minimum Gasteiger partial charge on any atom is -0.467 e. The molecular formula is C22H17F17O4. The van der Waals surface area contributed by atoms with Gasteiger partial charge < -0.3 is 14.2 Å². The summed E-state index contributed by atoms with van der Waals surface area (Å²) < 4.78 is 247. The van der Waals surface area contributed by atoms with E-state index < -0.39 is 91.4 Å². The molecule has 1 heterocycles. The molecule has 3 atom stereocenters. The molecule has 0 radical (unpaired) electrons. The Morgan fingerprint density at radius 3 is 1.60 bits per heavy atom. The van der Waals surface area contributed by atoms with Gasteiger partial charge in [-0.15, -0.1) is 0 Å². The van der Waals surface area contributed by atoms with Crippen LogP contribution >= 0.6 is 0 Å². The Bertz CT molecular complexity index is 1120. The number of hydrogen-bond acceptors (Lipinski definition) is 4. The Hall–Kier alpha value is -2.58. The molecule has 1 aromatic carbocycles. The third-order valence-corrected chi connectivity index (χ3v) is 6.27. The number of esters is 1. The predicted molar refractivity (Wildman–Crippen MR) is 105 cm³/mol. The van der Waals surface area contributed by atoms with Gasteiger partial charge in [0, 0.05) is 6.61 Å². The lowest BCUT2D eigenvalue weighted by molar-refractivity contribution is -0.465. The number of carbonyl (C=O) groups excluding carboxylic acids is 1. The highest BCUT2D eigenvalue weighted by molar-refractivity contribution is 5.76. The van der Waals surface area contributed by atoms with Gasteiger partial charge in [0.15, 0.2) is 12.4 Å². The number of methoxy groups -OCH3 is 1. The molecule has 248 valence electrons. The molecule has 2 rings (SSSR count). The quantitative estimate of drug-likeness (QED) is 0.179. The minimum atomic E-state index is -8.73. The van der Waals surface area contributed by atoms with Gasteiger partial charge in [0.05, 0.1) is 13.0 Å². The molecule has 1 fully saturated rings. The summed E-state index contributed by atoms with van der Waals surface area (Å²) in [5.41, 5.74) is -0.262. The molecule has 0 N–H and O–H groups in total. The van der Waals surface area contributed by atoms with E-state index in [1.54, 1.807) is 0 Å². The van der Waals surface area contributed by atoms with Gasteiger partial charge in [0.25, 0.3) is 0 Å². The summed E-state index contributed by atoms with van der Waals surface area (Å²) in [6.45, 7) is -0.700. The zero-order chi connectivity index (χ0) is 33.7.